The van der Waals surface area contributed by atoms with Gasteiger partial charge in [0.25, 0.3) is 0 Å². The highest BCUT2D eigenvalue weighted by molar-refractivity contribution is 6.01. The van der Waals surface area contributed by atoms with Gasteiger partial charge < -0.3 is 19.8 Å². The van der Waals surface area contributed by atoms with Crippen molar-refractivity contribution in [1.29, 1.82) is 0 Å². The Morgan fingerprint density at radius 1 is 1.14 bits per heavy atom. The van der Waals surface area contributed by atoms with E-state index in [9.17, 15) is 14.6 Å². The minimum absolute atomic E-state index is 0.0298. The van der Waals surface area contributed by atoms with Crippen LogP contribution in [0, 0.1) is 11.2 Å². The van der Waals surface area contributed by atoms with E-state index in [-0.39, 0.29) is 41.1 Å². The van der Waals surface area contributed by atoms with Gasteiger partial charge in [-0.1, -0.05) is 25.1 Å². The van der Waals surface area contributed by atoms with Crippen molar-refractivity contribution >= 4 is 27.5 Å². The first-order chi connectivity index (χ1) is 21.3. The number of aromatic hydroxyl groups is 1. The van der Waals surface area contributed by atoms with E-state index in [1.165, 1.54) is 0 Å². The Morgan fingerprint density at radius 2 is 2.00 bits per heavy atom. The Labute approximate surface area is 254 Å². The zero-order chi connectivity index (χ0) is 30.2. The van der Waals surface area contributed by atoms with Gasteiger partial charge in [-0.25, -0.2) is 8.78 Å². The number of hydrogen-bond acceptors (Lipinski definition) is 8. The van der Waals surface area contributed by atoms with Crippen molar-refractivity contribution in [2.45, 2.75) is 69.7 Å². The molecule has 0 amide bonds. The SMILES string of the molecule is CCc1cccc2cc(O)cc(-c3ncc4c(N5CC6(CCC(O)C6)C5)nc(OC[C@@]56CCCN5C[C@H](F)C6)nc4c3F)c12. The highest BCUT2D eigenvalue weighted by atomic mass is 19.1. The first kappa shape index (κ1) is 27.9. The summed E-state index contributed by atoms with van der Waals surface area (Å²) in [5.74, 6) is -0.0200. The van der Waals surface area contributed by atoms with Crippen molar-refractivity contribution in [2.75, 3.05) is 37.7 Å². The summed E-state index contributed by atoms with van der Waals surface area (Å²) < 4.78 is 37.4. The summed E-state index contributed by atoms with van der Waals surface area (Å²) in [4.78, 5) is 18.3. The molecule has 8 rings (SSSR count). The predicted octanol–water partition coefficient (Wildman–Crippen LogP) is 5.56. The number of hydrogen-bond donors (Lipinski definition) is 2. The Morgan fingerprint density at radius 3 is 2.80 bits per heavy atom. The van der Waals surface area contributed by atoms with Crippen LogP contribution in [0.3, 0.4) is 0 Å². The van der Waals surface area contributed by atoms with Crippen molar-refractivity contribution in [3.05, 3.63) is 47.9 Å². The van der Waals surface area contributed by atoms with Crippen molar-refractivity contribution in [2.24, 2.45) is 5.41 Å². The number of benzene rings is 2. The molecular formula is C34H37F2N5O3. The third-order valence-corrected chi connectivity index (χ3v) is 10.6. The minimum Gasteiger partial charge on any atom is -0.508 e. The molecule has 0 bridgehead atoms. The lowest BCUT2D eigenvalue weighted by atomic mass is 9.78. The molecule has 1 unspecified atom stereocenters. The summed E-state index contributed by atoms with van der Waals surface area (Å²) in [6, 6.07) is 9.14. The van der Waals surface area contributed by atoms with E-state index < -0.39 is 17.5 Å². The van der Waals surface area contributed by atoms with Crippen LogP contribution in [0.1, 0.15) is 51.0 Å². The molecule has 2 N–H and O–H groups in total. The van der Waals surface area contributed by atoms with Crippen LogP contribution < -0.4 is 9.64 Å². The van der Waals surface area contributed by atoms with Gasteiger partial charge in [0, 0.05) is 43.2 Å². The van der Waals surface area contributed by atoms with Gasteiger partial charge in [0.2, 0.25) is 0 Å². The summed E-state index contributed by atoms with van der Waals surface area (Å²) >= 11 is 0. The maximum absolute atomic E-state index is 16.7. The van der Waals surface area contributed by atoms with E-state index in [4.69, 9.17) is 9.72 Å². The first-order valence-electron chi connectivity index (χ1n) is 15.8. The molecule has 2 aromatic heterocycles. The molecule has 3 aliphatic heterocycles. The molecule has 10 heteroatoms. The van der Waals surface area contributed by atoms with Crippen LogP contribution in [0.15, 0.2) is 36.5 Å². The van der Waals surface area contributed by atoms with Crippen LogP contribution in [0.5, 0.6) is 11.8 Å². The zero-order valence-corrected chi connectivity index (χ0v) is 24.9. The van der Waals surface area contributed by atoms with E-state index >= 15 is 4.39 Å². The second-order valence-corrected chi connectivity index (χ2v) is 13.5. The normalized spacial score (nSPS) is 26.1. The fourth-order valence-electron chi connectivity index (χ4n) is 8.51. The molecule has 44 heavy (non-hydrogen) atoms. The number of alkyl halides is 1. The molecule has 5 heterocycles. The molecule has 4 aliphatic rings. The molecule has 1 aliphatic carbocycles. The van der Waals surface area contributed by atoms with Crippen LogP contribution in [-0.2, 0) is 6.42 Å². The Hall–Kier alpha value is -3.63. The smallest absolute Gasteiger partial charge is 0.319 e. The number of ether oxygens (including phenoxy) is 1. The summed E-state index contributed by atoms with van der Waals surface area (Å²) in [6.07, 6.45) is 5.91. The lowest BCUT2D eigenvalue weighted by molar-refractivity contribution is 0.107. The van der Waals surface area contributed by atoms with Crippen molar-refractivity contribution in [1.82, 2.24) is 19.9 Å². The molecule has 3 saturated heterocycles. The van der Waals surface area contributed by atoms with Crippen LogP contribution in [0.2, 0.25) is 0 Å². The lowest BCUT2D eigenvalue weighted by Crippen LogP contribution is -2.55. The highest BCUT2D eigenvalue weighted by Crippen LogP contribution is 2.48. The highest BCUT2D eigenvalue weighted by Gasteiger charge is 2.50. The molecule has 1 spiro atoms. The number of nitrogens with zero attached hydrogens (tertiary/aromatic N) is 5. The topological polar surface area (TPSA) is 94.8 Å². The molecule has 1 saturated carbocycles. The summed E-state index contributed by atoms with van der Waals surface area (Å²) in [5, 5.41) is 22.9. The number of anilines is 1. The number of halogens is 2. The maximum Gasteiger partial charge on any atom is 0.319 e. The van der Waals surface area contributed by atoms with E-state index in [1.807, 2.05) is 25.1 Å². The molecular weight excluding hydrogens is 564 g/mol. The van der Waals surface area contributed by atoms with Crippen molar-refractivity contribution < 1.29 is 23.7 Å². The number of aromatic nitrogens is 3. The first-order valence-corrected chi connectivity index (χ1v) is 15.8. The average Bonchev–Trinajstić information content (AvgIpc) is 3.66. The van der Waals surface area contributed by atoms with Crippen LogP contribution >= 0.6 is 0 Å². The molecule has 2 aromatic carbocycles. The van der Waals surface area contributed by atoms with Crippen LogP contribution in [0.4, 0.5) is 14.6 Å². The second kappa shape index (κ2) is 10.2. The zero-order valence-electron chi connectivity index (χ0n) is 24.9. The van der Waals surface area contributed by atoms with Crippen molar-refractivity contribution in [3.63, 3.8) is 0 Å². The molecule has 4 fully saturated rings. The van der Waals surface area contributed by atoms with Gasteiger partial charge in [-0.05, 0) is 73.5 Å². The van der Waals surface area contributed by atoms with E-state index in [2.05, 4.69) is 19.8 Å². The van der Waals surface area contributed by atoms with Gasteiger partial charge in [0.1, 0.15) is 35.6 Å². The van der Waals surface area contributed by atoms with Gasteiger partial charge in [0.15, 0.2) is 5.82 Å². The number of aryl methyl sites for hydroxylation is 1. The summed E-state index contributed by atoms with van der Waals surface area (Å²) in [5.41, 5.74) is 1.37. The molecule has 0 radical (unpaired) electrons. The number of phenolic OH excluding ortho intramolecular Hbond substituents is 1. The van der Waals surface area contributed by atoms with Crippen molar-refractivity contribution in [3.8, 4) is 23.0 Å². The number of pyridine rings is 1. The number of fused-ring (bicyclic) bond motifs is 3. The fraction of sp³-hybridized carbons (Fsp3) is 0.500. The minimum atomic E-state index is -0.887. The van der Waals surface area contributed by atoms with E-state index in [0.29, 0.717) is 42.8 Å². The van der Waals surface area contributed by atoms with Gasteiger partial charge in [-0.3, -0.25) is 9.88 Å². The van der Waals surface area contributed by atoms with Gasteiger partial charge in [-0.15, -0.1) is 0 Å². The lowest BCUT2D eigenvalue weighted by Gasteiger charge is -2.49. The summed E-state index contributed by atoms with van der Waals surface area (Å²) in [6.45, 7) is 4.95. The monoisotopic (exact) mass is 601 g/mol. The van der Waals surface area contributed by atoms with E-state index in [0.717, 1.165) is 61.4 Å². The molecule has 3 atom stereocenters. The molecule has 230 valence electrons. The van der Waals surface area contributed by atoms with Gasteiger partial charge >= 0.3 is 6.01 Å². The van der Waals surface area contributed by atoms with Crippen LogP contribution in [-0.4, -0.2) is 80.7 Å². The van der Waals surface area contributed by atoms with Gasteiger partial charge in [0.05, 0.1) is 17.0 Å². The number of aliphatic hydroxyl groups is 1. The maximum atomic E-state index is 16.7. The van der Waals surface area contributed by atoms with E-state index in [1.54, 1.807) is 18.3 Å². The standard InChI is InChI=1S/C34H37F2N5O3/c1-2-20-5-3-6-21-11-24(43)12-25(27(20)21)29-28(36)30-26(15-37-29)31(40-17-33(18-40)9-7-23(42)14-33)39-32(38-30)44-19-34-8-4-10-41(34)16-22(35)13-34/h3,5-6,11-12,15,22-23,42-43H,2,4,7-10,13-14,16-19H2,1H3/t22-,23?,34+/m1/s1. The number of rotatable bonds is 6. The largest absolute Gasteiger partial charge is 0.508 e. The quantitative estimate of drug-likeness (QED) is 0.297. The van der Waals surface area contributed by atoms with Gasteiger partial charge in [-0.2, -0.15) is 9.97 Å². The molecule has 8 nitrogen and oxygen atoms in total. The van der Waals surface area contributed by atoms with Crippen LogP contribution in [0.25, 0.3) is 32.9 Å². The second-order valence-electron chi connectivity index (χ2n) is 13.5. The number of phenols is 1. The summed E-state index contributed by atoms with van der Waals surface area (Å²) in [7, 11) is 0. The third kappa shape index (κ3) is 4.40. The third-order valence-electron chi connectivity index (χ3n) is 10.6. The average molecular weight is 602 g/mol. The Balaban J connectivity index is 1.23. The fourth-order valence-corrected chi connectivity index (χ4v) is 8.51. The molecule has 4 aromatic rings. The Kier molecular flexibility index (Phi) is 6.47. The number of aliphatic hydroxyl groups excluding tert-OH is 1. The Bertz CT molecular complexity index is 1780. The predicted molar refractivity (Wildman–Crippen MR) is 164 cm³/mol.